The lowest BCUT2D eigenvalue weighted by molar-refractivity contribution is 0.0732. The van der Waals surface area contributed by atoms with Crippen molar-refractivity contribution >= 4 is 17.7 Å². The first-order valence-electron chi connectivity index (χ1n) is 6.04. The fraction of sp³-hybridized carbons (Fsp3) is 0.615. The lowest BCUT2D eigenvalue weighted by atomic mass is 10.2. The van der Waals surface area contributed by atoms with Gasteiger partial charge < -0.3 is 9.47 Å². The predicted molar refractivity (Wildman–Crippen MR) is 74.6 cm³/mol. The molecule has 0 unspecified atom stereocenters. The molecule has 4 heteroatoms. The molecule has 1 aromatic rings. The van der Waals surface area contributed by atoms with E-state index < -0.39 is 0 Å². The normalized spacial score (nSPS) is 12.5. The summed E-state index contributed by atoms with van der Waals surface area (Å²) in [7, 11) is 3.79. The monoisotopic (exact) mass is 254 g/mol. The van der Waals surface area contributed by atoms with Gasteiger partial charge in [0.25, 0.3) is 5.91 Å². The summed E-state index contributed by atoms with van der Waals surface area (Å²) in [5.41, 5.74) is 0.752. The Labute approximate surface area is 108 Å². The molecule has 1 atom stereocenters. The molecule has 0 spiro atoms. The van der Waals surface area contributed by atoms with Gasteiger partial charge in [-0.15, -0.1) is 0 Å². The standard InChI is InChI=1S/C13H22N2OS/c1-5-17-10-8-11(2)15(4)13(16)12-7-6-9-14(12)3/h6-7,9,11H,5,8,10H2,1-4H3/t11-/m1/s1. The summed E-state index contributed by atoms with van der Waals surface area (Å²) in [6.07, 6.45) is 2.95. The van der Waals surface area contributed by atoms with E-state index in [9.17, 15) is 4.79 Å². The highest BCUT2D eigenvalue weighted by molar-refractivity contribution is 7.99. The second kappa shape index (κ2) is 6.74. The van der Waals surface area contributed by atoms with E-state index in [0.29, 0.717) is 0 Å². The first-order chi connectivity index (χ1) is 8.07. The third kappa shape index (κ3) is 3.80. The van der Waals surface area contributed by atoms with Crippen molar-refractivity contribution in [2.75, 3.05) is 18.6 Å². The number of aromatic nitrogens is 1. The molecule has 1 rings (SSSR count). The van der Waals surface area contributed by atoms with Gasteiger partial charge in [0, 0.05) is 26.3 Å². The van der Waals surface area contributed by atoms with Crippen LogP contribution in [-0.2, 0) is 7.05 Å². The molecule has 1 heterocycles. The summed E-state index contributed by atoms with van der Waals surface area (Å²) in [6.45, 7) is 4.27. The molecule has 0 aliphatic rings. The zero-order valence-corrected chi connectivity index (χ0v) is 12.0. The van der Waals surface area contributed by atoms with Crippen LogP contribution >= 0.6 is 11.8 Å². The summed E-state index contributed by atoms with van der Waals surface area (Å²) in [6, 6.07) is 4.06. The Hall–Kier alpha value is -0.900. The van der Waals surface area contributed by atoms with Gasteiger partial charge in [-0.3, -0.25) is 4.79 Å². The molecule has 0 aliphatic carbocycles. The quantitative estimate of drug-likeness (QED) is 0.729. The summed E-state index contributed by atoms with van der Waals surface area (Å²) in [5.74, 6) is 2.36. The van der Waals surface area contributed by atoms with Gasteiger partial charge in [-0.05, 0) is 37.0 Å². The van der Waals surface area contributed by atoms with Crippen molar-refractivity contribution in [3.05, 3.63) is 24.0 Å². The summed E-state index contributed by atoms with van der Waals surface area (Å²) in [5, 5.41) is 0. The Morgan fingerprint density at radius 1 is 1.59 bits per heavy atom. The highest BCUT2D eigenvalue weighted by Crippen LogP contribution is 2.11. The molecule has 1 aromatic heterocycles. The molecule has 0 radical (unpaired) electrons. The molecule has 0 saturated carbocycles. The lowest BCUT2D eigenvalue weighted by Gasteiger charge is -2.25. The van der Waals surface area contributed by atoms with Crippen molar-refractivity contribution in [3.8, 4) is 0 Å². The van der Waals surface area contributed by atoms with Crippen LogP contribution in [0.25, 0.3) is 0 Å². The minimum Gasteiger partial charge on any atom is -0.347 e. The van der Waals surface area contributed by atoms with Gasteiger partial charge in [0.2, 0.25) is 0 Å². The van der Waals surface area contributed by atoms with Gasteiger partial charge in [0.05, 0.1) is 0 Å². The molecule has 96 valence electrons. The fourth-order valence-corrected chi connectivity index (χ4v) is 2.45. The Morgan fingerprint density at radius 3 is 2.82 bits per heavy atom. The first kappa shape index (κ1) is 14.2. The van der Waals surface area contributed by atoms with E-state index >= 15 is 0 Å². The molecule has 0 N–H and O–H groups in total. The van der Waals surface area contributed by atoms with Crippen molar-refractivity contribution < 1.29 is 4.79 Å². The second-order valence-electron chi connectivity index (χ2n) is 4.26. The van der Waals surface area contributed by atoms with Crippen LogP contribution in [-0.4, -0.2) is 40.0 Å². The van der Waals surface area contributed by atoms with Crippen LogP contribution in [0.4, 0.5) is 0 Å². The summed E-state index contributed by atoms with van der Waals surface area (Å²) < 4.78 is 1.87. The number of hydrogen-bond acceptors (Lipinski definition) is 2. The van der Waals surface area contributed by atoms with Crippen molar-refractivity contribution in [1.82, 2.24) is 9.47 Å². The van der Waals surface area contributed by atoms with Gasteiger partial charge in [0.1, 0.15) is 5.69 Å². The smallest absolute Gasteiger partial charge is 0.270 e. The predicted octanol–water partition coefficient (Wildman–Crippen LogP) is 2.63. The average Bonchev–Trinajstić information content (AvgIpc) is 2.73. The third-order valence-electron chi connectivity index (χ3n) is 3.03. The number of aryl methyl sites for hydroxylation is 1. The van der Waals surface area contributed by atoms with Crippen LogP contribution in [0.5, 0.6) is 0 Å². The molecule has 0 aromatic carbocycles. The Balaban J connectivity index is 2.54. The van der Waals surface area contributed by atoms with E-state index in [1.807, 2.05) is 53.7 Å². The molecule has 0 fully saturated rings. The van der Waals surface area contributed by atoms with Gasteiger partial charge in [-0.1, -0.05) is 6.92 Å². The van der Waals surface area contributed by atoms with Crippen LogP contribution in [0.3, 0.4) is 0 Å². The Bertz CT molecular complexity index is 362. The molecular formula is C13H22N2OS. The van der Waals surface area contributed by atoms with E-state index in [-0.39, 0.29) is 11.9 Å². The molecule has 0 aliphatic heterocycles. The fourth-order valence-electron chi connectivity index (χ4n) is 1.66. The van der Waals surface area contributed by atoms with E-state index in [2.05, 4.69) is 13.8 Å². The van der Waals surface area contributed by atoms with Crippen LogP contribution < -0.4 is 0 Å². The Morgan fingerprint density at radius 2 is 2.29 bits per heavy atom. The van der Waals surface area contributed by atoms with Crippen molar-refractivity contribution in [1.29, 1.82) is 0 Å². The Kier molecular flexibility index (Phi) is 5.62. The average molecular weight is 254 g/mol. The van der Waals surface area contributed by atoms with Gasteiger partial charge in [0.15, 0.2) is 0 Å². The first-order valence-corrected chi connectivity index (χ1v) is 7.19. The topological polar surface area (TPSA) is 25.2 Å². The maximum atomic E-state index is 12.2. The lowest BCUT2D eigenvalue weighted by Crippen LogP contribution is -2.36. The minimum absolute atomic E-state index is 0.103. The number of thioether (sulfide) groups is 1. The SMILES string of the molecule is CCSCC[C@@H](C)N(C)C(=O)c1cccn1C. The second-order valence-corrected chi connectivity index (χ2v) is 5.65. The van der Waals surface area contributed by atoms with E-state index in [0.717, 1.165) is 23.6 Å². The van der Waals surface area contributed by atoms with Crippen molar-refractivity contribution in [2.45, 2.75) is 26.3 Å². The highest BCUT2D eigenvalue weighted by atomic mass is 32.2. The zero-order valence-electron chi connectivity index (χ0n) is 11.1. The van der Waals surface area contributed by atoms with Crippen molar-refractivity contribution in [3.63, 3.8) is 0 Å². The van der Waals surface area contributed by atoms with Crippen LogP contribution in [0.15, 0.2) is 18.3 Å². The number of nitrogens with zero attached hydrogens (tertiary/aromatic N) is 2. The number of carbonyl (C=O) groups excluding carboxylic acids is 1. The molecule has 0 bridgehead atoms. The number of rotatable bonds is 6. The van der Waals surface area contributed by atoms with Crippen LogP contribution in [0.2, 0.25) is 0 Å². The number of hydrogen-bond donors (Lipinski definition) is 0. The molecule has 17 heavy (non-hydrogen) atoms. The summed E-state index contributed by atoms with van der Waals surface area (Å²) in [4.78, 5) is 14.0. The van der Waals surface area contributed by atoms with E-state index in [1.54, 1.807) is 0 Å². The van der Waals surface area contributed by atoms with Crippen LogP contribution in [0, 0.1) is 0 Å². The molecular weight excluding hydrogens is 232 g/mol. The van der Waals surface area contributed by atoms with E-state index in [4.69, 9.17) is 0 Å². The molecule has 0 saturated heterocycles. The van der Waals surface area contributed by atoms with Gasteiger partial charge in [-0.2, -0.15) is 11.8 Å². The molecule has 1 amide bonds. The highest BCUT2D eigenvalue weighted by Gasteiger charge is 2.18. The number of carbonyl (C=O) groups is 1. The van der Waals surface area contributed by atoms with Gasteiger partial charge >= 0.3 is 0 Å². The maximum absolute atomic E-state index is 12.2. The minimum atomic E-state index is 0.103. The maximum Gasteiger partial charge on any atom is 0.270 e. The van der Waals surface area contributed by atoms with E-state index in [1.165, 1.54) is 0 Å². The van der Waals surface area contributed by atoms with Crippen LogP contribution in [0.1, 0.15) is 30.8 Å². The summed E-state index contributed by atoms with van der Waals surface area (Å²) >= 11 is 1.92. The zero-order chi connectivity index (χ0) is 12.8. The third-order valence-corrected chi connectivity index (χ3v) is 3.96. The van der Waals surface area contributed by atoms with Gasteiger partial charge in [-0.25, -0.2) is 0 Å². The number of amides is 1. The van der Waals surface area contributed by atoms with Crippen molar-refractivity contribution in [2.24, 2.45) is 7.05 Å². The largest absolute Gasteiger partial charge is 0.347 e. The molecule has 3 nitrogen and oxygen atoms in total.